The Kier molecular flexibility index (Phi) is 1.94. The predicted molar refractivity (Wildman–Crippen MR) is 74.3 cm³/mol. The molecule has 90 valence electrons. The van der Waals surface area contributed by atoms with Crippen LogP contribution in [0.15, 0.2) is 53.5 Å². The molecule has 3 heterocycles. The van der Waals surface area contributed by atoms with Gasteiger partial charge in [-0.15, -0.1) is 0 Å². The van der Waals surface area contributed by atoms with E-state index >= 15 is 0 Å². The quantitative estimate of drug-likeness (QED) is 0.519. The van der Waals surface area contributed by atoms with E-state index < -0.39 is 0 Å². The van der Waals surface area contributed by atoms with Crippen LogP contribution in [0.5, 0.6) is 0 Å². The summed E-state index contributed by atoms with van der Waals surface area (Å²) in [6.45, 7) is 0. The summed E-state index contributed by atoms with van der Waals surface area (Å²) in [5.74, 6) is 0. The lowest BCUT2D eigenvalue weighted by atomic mass is 10.1. The van der Waals surface area contributed by atoms with E-state index in [2.05, 4.69) is 15.0 Å². The second-order valence-corrected chi connectivity index (χ2v) is 4.43. The lowest BCUT2D eigenvalue weighted by Crippen LogP contribution is -1.98. The van der Waals surface area contributed by atoms with Crippen LogP contribution in [-0.2, 0) is 0 Å². The molecule has 1 N–H and O–H groups in total. The van der Waals surface area contributed by atoms with Crippen LogP contribution in [0.2, 0.25) is 0 Å². The van der Waals surface area contributed by atoms with E-state index in [0.717, 1.165) is 27.5 Å². The highest BCUT2D eigenvalue weighted by Gasteiger charge is 2.14. The molecule has 19 heavy (non-hydrogen) atoms. The van der Waals surface area contributed by atoms with Crippen LogP contribution in [0.3, 0.4) is 0 Å². The van der Waals surface area contributed by atoms with E-state index in [-0.39, 0.29) is 5.56 Å². The molecule has 2 aliphatic rings. The summed E-state index contributed by atoms with van der Waals surface area (Å²) in [6.07, 6.45) is 1.71. The number of para-hydroxylation sites is 1. The largest absolute Gasteiger partial charge is 0.322 e. The van der Waals surface area contributed by atoms with Crippen LogP contribution in [-0.4, -0.2) is 15.0 Å². The molecule has 2 aliphatic heterocycles. The first-order valence-corrected chi connectivity index (χ1v) is 5.99. The number of aromatic amines is 1. The highest BCUT2D eigenvalue weighted by molar-refractivity contribution is 6.04. The van der Waals surface area contributed by atoms with Gasteiger partial charge in [0.25, 0.3) is 0 Å². The number of aromatic nitrogens is 3. The smallest absolute Gasteiger partial charge is 0.249 e. The summed E-state index contributed by atoms with van der Waals surface area (Å²) >= 11 is 0. The molecule has 0 bridgehead atoms. The van der Waals surface area contributed by atoms with E-state index in [4.69, 9.17) is 0 Å². The lowest BCUT2D eigenvalue weighted by Gasteiger charge is -1.95. The molecule has 0 fully saturated rings. The van der Waals surface area contributed by atoms with Gasteiger partial charge in [0.05, 0.1) is 11.2 Å². The summed E-state index contributed by atoms with van der Waals surface area (Å²) in [7, 11) is 0. The second kappa shape index (κ2) is 3.62. The minimum atomic E-state index is -0.135. The van der Waals surface area contributed by atoms with Gasteiger partial charge >= 0.3 is 0 Å². The number of hydrogen-bond acceptors (Lipinski definition) is 3. The van der Waals surface area contributed by atoms with Crippen molar-refractivity contribution >= 4 is 21.9 Å². The van der Waals surface area contributed by atoms with Crippen LogP contribution in [0.1, 0.15) is 0 Å². The minimum Gasteiger partial charge on any atom is -0.322 e. The van der Waals surface area contributed by atoms with Gasteiger partial charge in [-0.2, -0.15) is 0 Å². The highest BCUT2D eigenvalue weighted by atomic mass is 16.1. The molecule has 1 aromatic carbocycles. The number of rotatable bonds is 0. The lowest BCUT2D eigenvalue weighted by molar-refractivity contribution is 1.33. The summed E-state index contributed by atoms with van der Waals surface area (Å²) in [4.78, 5) is 23.6. The molecule has 4 heteroatoms. The first-order chi connectivity index (χ1) is 9.33. The summed E-state index contributed by atoms with van der Waals surface area (Å²) in [5.41, 5.74) is 2.97. The Labute approximate surface area is 108 Å². The molecule has 0 atom stereocenters. The third kappa shape index (κ3) is 1.43. The fraction of sp³-hybridized carbons (Fsp3) is 0. The van der Waals surface area contributed by atoms with Crippen molar-refractivity contribution in [1.82, 2.24) is 15.0 Å². The molecule has 4 rings (SSSR count). The normalized spacial score (nSPS) is 11.4. The van der Waals surface area contributed by atoms with E-state index in [1.54, 1.807) is 12.3 Å². The number of benzene rings is 1. The third-order valence-corrected chi connectivity index (χ3v) is 3.27. The van der Waals surface area contributed by atoms with Crippen molar-refractivity contribution in [3.8, 4) is 11.3 Å². The number of H-pyrrole nitrogens is 1. The minimum absolute atomic E-state index is 0.135. The standard InChI is InChI=1S/C15H9N3O/c19-13-8-11-9-5-3-7-16-15(9)18-14(11)10-4-1-2-6-12(10)17-13/h1-8H,(H,17,19). The number of pyridine rings is 1. The Morgan fingerprint density at radius 2 is 1.84 bits per heavy atom. The molecule has 0 radical (unpaired) electrons. The monoisotopic (exact) mass is 247 g/mol. The molecule has 0 unspecified atom stereocenters. The van der Waals surface area contributed by atoms with Crippen molar-refractivity contribution in [1.29, 1.82) is 0 Å². The summed E-state index contributed by atoms with van der Waals surface area (Å²) in [6, 6.07) is 13.0. The van der Waals surface area contributed by atoms with E-state index in [1.807, 2.05) is 36.4 Å². The molecule has 1 aromatic heterocycles. The zero-order valence-corrected chi connectivity index (χ0v) is 9.92. The molecule has 0 amide bonds. The Morgan fingerprint density at radius 3 is 2.79 bits per heavy atom. The zero-order valence-electron chi connectivity index (χ0n) is 9.92. The van der Waals surface area contributed by atoms with Crippen molar-refractivity contribution in [2.45, 2.75) is 0 Å². The summed E-state index contributed by atoms with van der Waals surface area (Å²) in [5, 5.41) is 1.84. The van der Waals surface area contributed by atoms with E-state index in [1.165, 1.54) is 0 Å². The first kappa shape index (κ1) is 10.2. The predicted octanol–water partition coefficient (Wildman–Crippen LogP) is 2.58. The topological polar surface area (TPSA) is 58.6 Å². The number of nitrogens with zero attached hydrogens (tertiary/aromatic N) is 2. The fourth-order valence-corrected chi connectivity index (χ4v) is 2.44. The fourth-order valence-electron chi connectivity index (χ4n) is 2.44. The van der Waals surface area contributed by atoms with Crippen molar-refractivity contribution in [2.24, 2.45) is 0 Å². The maximum atomic E-state index is 11.9. The molecule has 0 saturated heterocycles. The third-order valence-electron chi connectivity index (χ3n) is 3.27. The average molecular weight is 247 g/mol. The van der Waals surface area contributed by atoms with Gasteiger partial charge in [-0.25, -0.2) is 9.97 Å². The molecule has 0 aliphatic carbocycles. The Hall–Kier alpha value is -2.75. The molecular weight excluding hydrogens is 238 g/mol. The van der Waals surface area contributed by atoms with Crippen molar-refractivity contribution in [3.63, 3.8) is 0 Å². The van der Waals surface area contributed by atoms with Gasteiger partial charge in [0.1, 0.15) is 0 Å². The average Bonchev–Trinajstić information content (AvgIpc) is 2.71. The van der Waals surface area contributed by atoms with Crippen LogP contribution in [0.25, 0.3) is 33.2 Å². The van der Waals surface area contributed by atoms with Crippen LogP contribution in [0.4, 0.5) is 0 Å². The second-order valence-electron chi connectivity index (χ2n) is 4.43. The van der Waals surface area contributed by atoms with Gasteiger partial charge in [0.15, 0.2) is 5.65 Å². The van der Waals surface area contributed by atoms with Crippen molar-refractivity contribution in [2.75, 3.05) is 0 Å². The van der Waals surface area contributed by atoms with Crippen molar-refractivity contribution in [3.05, 3.63) is 59.0 Å². The van der Waals surface area contributed by atoms with Gasteiger partial charge in [0, 0.05) is 28.6 Å². The zero-order chi connectivity index (χ0) is 12.8. The maximum Gasteiger partial charge on any atom is 0.249 e. The van der Waals surface area contributed by atoms with Crippen LogP contribution >= 0.6 is 0 Å². The number of hydrogen-bond donors (Lipinski definition) is 1. The molecule has 0 spiro atoms. The number of fused-ring (bicyclic) bond motifs is 5. The summed E-state index contributed by atoms with van der Waals surface area (Å²) < 4.78 is 0. The Bertz CT molecular complexity index is 943. The molecule has 0 saturated carbocycles. The Balaban J connectivity index is 2.33. The SMILES string of the molecule is O=c1cc2c3cccnc3nc-2c2ccccc2[nH]1. The number of nitrogens with one attached hydrogen (secondary N) is 1. The first-order valence-electron chi connectivity index (χ1n) is 5.99. The Morgan fingerprint density at radius 1 is 1.00 bits per heavy atom. The van der Waals surface area contributed by atoms with Gasteiger partial charge in [-0.05, 0) is 18.2 Å². The van der Waals surface area contributed by atoms with E-state index in [0.29, 0.717) is 5.65 Å². The van der Waals surface area contributed by atoms with Crippen LogP contribution < -0.4 is 5.56 Å². The van der Waals surface area contributed by atoms with Crippen LogP contribution in [0, 0.1) is 0 Å². The maximum absolute atomic E-state index is 11.9. The van der Waals surface area contributed by atoms with Gasteiger partial charge in [-0.1, -0.05) is 18.2 Å². The van der Waals surface area contributed by atoms with Crippen molar-refractivity contribution < 1.29 is 0 Å². The van der Waals surface area contributed by atoms with Gasteiger partial charge in [-0.3, -0.25) is 4.79 Å². The van der Waals surface area contributed by atoms with Gasteiger partial charge in [0.2, 0.25) is 5.56 Å². The highest BCUT2D eigenvalue weighted by Crippen LogP contribution is 2.32. The molecule has 4 nitrogen and oxygen atoms in total. The van der Waals surface area contributed by atoms with E-state index in [9.17, 15) is 4.79 Å². The van der Waals surface area contributed by atoms with Gasteiger partial charge < -0.3 is 4.98 Å². The molecule has 2 aromatic rings. The molecular formula is C15H9N3O.